The van der Waals surface area contributed by atoms with Gasteiger partial charge in [0.15, 0.2) is 0 Å². The molecule has 1 aromatic carbocycles. The number of pyridine rings is 1. The zero-order valence-corrected chi connectivity index (χ0v) is 12.2. The highest BCUT2D eigenvalue weighted by molar-refractivity contribution is 5.99. The Kier molecular flexibility index (Phi) is 4.77. The molecule has 0 aliphatic rings. The monoisotopic (exact) mass is 285 g/mol. The Labute approximate surface area is 124 Å². The Hall–Kier alpha value is -2.56. The molecule has 0 radical (unpaired) electrons. The zero-order chi connectivity index (χ0) is 15.2. The van der Waals surface area contributed by atoms with Crippen molar-refractivity contribution in [2.45, 2.75) is 13.5 Å². The number of esters is 1. The molecule has 0 atom stereocenters. The van der Waals surface area contributed by atoms with Crippen molar-refractivity contribution in [3.05, 3.63) is 53.9 Å². The highest BCUT2D eigenvalue weighted by Gasteiger charge is 2.18. The molecular weight excluding hydrogens is 266 g/mol. The summed E-state index contributed by atoms with van der Waals surface area (Å²) in [4.78, 5) is 18.1. The maximum atomic E-state index is 12.1. The molecule has 1 aromatic heterocycles. The SMILES string of the molecule is CCOC(=O)c1cccc(N)c1N(C)Cc1cccnc1. The fourth-order valence-corrected chi connectivity index (χ4v) is 2.21. The van der Waals surface area contributed by atoms with Crippen LogP contribution in [0, 0.1) is 0 Å². The van der Waals surface area contributed by atoms with Crippen LogP contribution in [0.4, 0.5) is 11.4 Å². The van der Waals surface area contributed by atoms with E-state index in [1.54, 1.807) is 37.5 Å². The fraction of sp³-hybridized carbons (Fsp3) is 0.250. The van der Waals surface area contributed by atoms with Crippen LogP contribution in [0.15, 0.2) is 42.7 Å². The first-order valence-electron chi connectivity index (χ1n) is 6.79. The Morgan fingerprint density at radius 1 is 1.33 bits per heavy atom. The van der Waals surface area contributed by atoms with Crippen LogP contribution in [0.25, 0.3) is 0 Å². The molecule has 2 aromatic rings. The predicted molar refractivity (Wildman–Crippen MR) is 83.2 cm³/mol. The number of rotatable bonds is 5. The first-order valence-corrected chi connectivity index (χ1v) is 6.79. The van der Waals surface area contributed by atoms with Crippen LogP contribution < -0.4 is 10.6 Å². The van der Waals surface area contributed by atoms with E-state index >= 15 is 0 Å². The van der Waals surface area contributed by atoms with E-state index in [1.165, 1.54) is 0 Å². The van der Waals surface area contributed by atoms with E-state index in [1.807, 2.05) is 24.1 Å². The third-order valence-corrected chi connectivity index (χ3v) is 3.09. The Morgan fingerprint density at radius 3 is 2.81 bits per heavy atom. The van der Waals surface area contributed by atoms with Crippen LogP contribution in [-0.4, -0.2) is 24.6 Å². The Morgan fingerprint density at radius 2 is 2.14 bits per heavy atom. The molecule has 0 saturated heterocycles. The minimum Gasteiger partial charge on any atom is -0.462 e. The smallest absolute Gasteiger partial charge is 0.340 e. The van der Waals surface area contributed by atoms with Crippen molar-refractivity contribution in [3.8, 4) is 0 Å². The van der Waals surface area contributed by atoms with Crippen LogP contribution >= 0.6 is 0 Å². The third-order valence-electron chi connectivity index (χ3n) is 3.09. The molecule has 0 amide bonds. The van der Waals surface area contributed by atoms with Gasteiger partial charge in [-0.3, -0.25) is 4.98 Å². The highest BCUT2D eigenvalue weighted by atomic mass is 16.5. The number of nitrogens with two attached hydrogens (primary N) is 1. The van der Waals surface area contributed by atoms with Crippen molar-refractivity contribution in [1.29, 1.82) is 0 Å². The van der Waals surface area contributed by atoms with Gasteiger partial charge in [-0.05, 0) is 30.7 Å². The van der Waals surface area contributed by atoms with Crippen molar-refractivity contribution in [2.75, 3.05) is 24.3 Å². The van der Waals surface area contributed by atoms with Crippen molar-refractivity contribution >= 4 is 17.3 Å². The average Bonchev–Trinajstić information content (AvgIpc) is 2.48. The summed E-state index contributed by atoms with van der Waals surface area (Å²) in [6, 6.07) is 9.11. The van der Waals surface area contributed by atoms with Crippen molar-refractivity contribution in [1.82, 2.24) is 4.98 Å². The summed E-state index contributed by atoms with van der Waals surface area (Å²) in [5.74, 6) is -0.363. The van der Waals surface area contributed by atoms with Crippen LogP contribution in [-0.2, 0) is 11.3 Å². The van der Waals surface area contributed by atoms with Crippen LogP contribution in [0.3, 0.4) is 0 Å². The van der Waals surface area contributed by atoms with E-state index in [-0.39, 0.29) is 5.97 Å². The second-order valence-corrected chi connectivity index (χ2v) is 4.68. The van der Waals surface area contributed by atoms with E-state index in [0.717, 1.165) is 5.56 Å². The van der Waals surface area contributed by atoms with Crippen molar-refractivity contribution in [2.24, 2.45) is 0 Å². The third kappa shape index (κ3) is 3.51. The molecule has 21 heavy (non-hydrogen) atoms. The molecule has 5 nitrogen and oxygen atoms in total. The highest BCUT2D eigenvalue weighted by Crippen LogP contribution is 2.28. The molecule has 2 N–H and O–H groups in total. The number of carbonyl (C=O) groups is 1. The van der Waals surface area contributed by atoms with Gasteiger partial charge < -0.3 is 15.4 Å². The standard InChI is InChI=1S/C16H19N3O2/c1-3-21-16(20)13-7-4-8-14(17)15(13)19(2)11-12-6-5-9-18-10-12/h4-10H,3,11,17H2,1-2H3. The summed E-state index contributed by atoms with van der Waals surface area (Å²) in [5, 5.41) is 0. The minimum atomic E-state index is -0.363. The molecule has 0 saturated carbocycles. The number of ether oxygens (including phenoxy) is 1. The number of hydrogen-bond acceptors (Lipinski definition) is 5. The van der Waals surface area contributed by atoms with Crippen molar-refractivity contribution < 1.29 is 9.53 Å². The van der Waals surface area contributed by atoms with E-state index in [4.69, 9.17) is 10.5 Å². The molecule has 0 bridgehead atoms. The van der Waals surface area contributed by atoms with Gasteiger partial charge in [0.2, 0.25) is 0 Å². The fourth-order valence-electron chi connectivity index (χ4n) is 2.21. The van der Waals surface area contributed by atoms with Gasteiger partial charge in [0, 0.05) is 26.0 Å². The van der Waals surface area contributed by atoms with Gasteiger partial charge in [0.25, 0.3) is 0 Å². The number of carbonyl (C=O) groups excluding carboxylic acids is 1. The lowest BCUT2D eigenvalue weighted by Gasteiger charge is -2.23. The number of para-hydroxylation sites is 1. The van der Waals surface area contributed by atoms with Gasteiger partial charge in [-0.15, -0.1) is 0 Å². The number of nitrogen functional groups attached to an aromatic ring is 1. The quantitative estimate of drug-likeness (QED) is 0.675. The number of benzene rings is 1. The summed E-state index contributed by atoms with van der Waals surface area (Å²) in [6.07, 6.45) is 3.52. The summed E-state index contributed by atoms with van der Waals surface area (Å²) in [6.45, 7) is 2.72. The molecule has 110 valence electrons. The molecule has 0 unspecified atom stereocenters. The minimum absolute atomic E-state index is 0.333. The molecule has 2 rings (SSSR count). The molecule has 0 aliphatic heterocycles. The van der Waals surface area contributed by atoms with Crippen LogP contribution in [0.1, 0.15) is 22.8 Å². The lowest BCUT2D eigenvalue weighted by atomic mass is 10.1. The summed E-state index contributed by atoms with van der Waals surface area (Å²) < 4.78 is 5.09. The number of hydrogen-bond donors (Lipinski definition) is 1. The second-order valence-electron chi connectivity index (χ2n) is 4.68. The number of nitrogens with zero attached hydrogens (tertiary/aromatic N) is 2. The summed E-state index contributed by atoms with van der Waals surface area (Å²) in [7, 11) is 1.89. The van der Waals surface area contributed by atoms with Gasteiger partial charge in [0.1, 0.15) is 0 Å². The van der Waals surface area contributed by atoms with Gasteiger partial charge in [0.05, 0.1) is 23.5 Å². The largest absolute Gasteiger partial charge is 0.462 e. The van der Waals surface area contributed by atoms with Gasteiger partial charge in [-0.25, -0.2) is 4.79 Å². The van der Waals surface area contributed by atoms with E-state index in [9.17, 15) is 4.79 Å². The van der Waals surface area contributed by atoms with Gasteiger partial charge >= 0.3 is 5.97 Å². The van der Waals surface area contributed by atoms with Gasteiger partial charge in [-0.2, -0.15) is 0 Å². The van der Waals surface area contributed by atoms with Gasteiger partial charge in [-0.1, -0.05) is 12.1 Å². The molecule has 0 spiro atoms. The maximum Gasteiger partial charge on any atom is 0.340 e. The lowest BCUT2D eigenvalue weighted by Crippen LogP contribution is -2.21. The van der Waals surface area contributed by atoms with E-state index < -0.39 is 0 Å². The van der Waals surface area contributed by atoms with E-state index in [2.05, 4.69) is 4.98 Å². The first-order chi connectivity index (χ1) is 10.1. The van der Waals surface area contributed by atoms with E-state index in [0.29, 0.717) is 30.1 Å². The normalized spacial score (nSPS) is 10.2. The topological polar surface area (TPSA) is 68.5 Å². The summed E-state index contributed by atoms with van der Waals surface area (Å²) >= 11 is 0. The maximum absolute atomic E-state index is 12.1. The van der Waals surface area contributed by atoms with Crippen LogP contribution in [0.5, 0.6) is 0 Å². The van der Waals surface area contributed by atoms with Crippen molar-refractivity contribution in [3.63, 3.8) is 0 Å². The molecule has 0 aliphatic carbocycles. The zero-order valence-electron chi connectivity index (χ0n) is 12.2. The predicted octanol–water partition coefficient (Wildman–Crippen LogP) is 2.48. The lowest BCUT2D eigenvalue weighted by molar-refractivity contribution is 0.0527. The molecule has 0 fully saturated rings. The molecular formula is C16H19N3O2. The molecule has 1 heterocycles. The summed E-state index contributed by atoms with van der Waals surface area (Å²) in [5.41, 5.74) is 8.79. The first kappa shape index (κ1) is 14.8. The second kappa shape index (κ2) is 6.74. The molecule has 5 heteroatoms. The number of anilines is 2. The Balaban J connectivity index is 2.31. The average molecular weight is 285 g/mol. The number of aromatic nitrogens is 1. The Bertz CT molecular complexity index is 614. The van der Waals surface area contributed by atoms with Crippen LogP contribution in [0.2, 0.25) is 0 Å².